The topological polar surface area (TPSA) is 77.1 Å². The number of methoxy groups -OCH3 is 2. The van der Waals surface area contributed by atoms with E-state index in [1.54, 1.807) is 6.08 Å². The summed E-state index contributed by atoms with van der Waals surface area (Å²) in [5, 5.41) is 3.01. The number of hydrogen-bond donors (Lipinski definition) is 1. The number of amides is 1. The third-order valence-electron chi connectivity index (χ3n) is 6.08. The van der Waals surface area contributed by atoms with Gasteiger partial charge in [0.15, 0.2) is 6.10 Å². The minimum atomic E-state index is -0.855. The number of fused-ring (bicyclic) bond motifs is 1. The Morgan fingerprint density at radius 2 is 2.03 bits per heavy atom. The quantitative estimate of drug-likeness (QED) is 0.565. The molecule has 34 heavy (non-hydrogen) atoms. The van der Waals surface area contributed by atoms with E-state index in [0.29, 0.717) is 54.6 Å². The van der Waals surface area contributed by atoms with Gasteiger partial charge in [-0.2, -0.15) is 0 Å². The van der Waals surface area contributed by atoms with E-state index < -0.39 is 6.10 Å². The number of ketones is 1. The van der Waals surface area contributed by atoms with Crippen molar-refractivity contribution in [2.24, 2.45) is 5.92 Å². The van der Waals surface area contributed by atoms with E-state index in [2.05, 4.69) is 19.2 Å². The molecule has 0 bridgehead atoms. The van der Waals surface area contributed by atoms with Gasteiger partial charge in [-0.05, 0) is 43.9 Å². The Morgan fingerprint density at radius 3 is 2.68 bits per heavy atom. The Balaban J connectivity index is 1.85. The highest BCUT2D eigenvalue weighted by molar-refractivity contribution is 6.13. The lowest BCUT2D eigenvalue weighted by Crippen LogP contribution is -2.40. The Bertz CT molecular complexity index is 1020. The number of nitrogens with one attached hydrogen (secondary N) is 1. The van der Waals surface area contributed by atoms with Crippen LogP contribution in [-0.4, -0.2) is 56.6 Å². The van der Waals surface area contributed by atoms with E-state index in [1.807, 2.05) is 43.1 Å². The smallest absolute Gasteiger partial charge is 0.250 e. The molecule has 0 spiro atoms. The molecule has 1 atom stereocenters. The predicted octanol–water partition coefficient (Wildman–Crippen LogP) is 3.68. The van der Waals surface area contributed by atoms with Gasteiger partial charge in [-0.25, -0.2) is 0 Å². The number of Topliss-reactive ketones (excluding diaryl/α,β-unsaturated/α-hetero) is 1. The number of carbonyl (C=O) groups excluding carboxylic acids is 2. The first kappa shape index (κ1) is 25.6. The molecule has 1 aromatic rings. The van der Waals surface area contributed by atoms with Crippen LogP contribution in [0.1, 0.15) is 38.3 Å². The Kier molecular flexibility index (Phi) is 8.56. The van der Waals surface area contributed by atoms with Crippen LogP contribution in [0.5, 0.6) is 5.75 Å². The van der Waals surface area contributed by atoms with Crippen LogP contribution in [0.15, 0.2) is 53.0 Å². The fourth-order valence-electron chi connectivity index (χ4n) is 4.06. The first-order valence-corrected chi connectivity index (χ1v) is 11.8. The number of carbonyl (C=O) groups is 2. The SMILES string of the molecule is CCN1C=C2C=C(OC)C(OC)C(=O)C2=C(C(=O)NCc2ccc(C)cc2OCCC(C)C)C1. The zero-order valence-corrected chi connectivity index (χ0v) is 21.1. The monoisotopic (exact) mass is 468 g/mol. The molecule has 1 N–H and O–H groups in total. The van der Waals surface area contributed by atoms with Crippen LogP contribution in [0.2, 0.25) is 0 Å². The maximum Gasteiger partial charge on any atom is 0.250 e. The van der Waals surface area contributed by atoms with Crippen LogP contribution in [0, 0.1) is 12.8 Å². The molecule has 3 rings (SSSR count). The van der Waals surface area contributed by atoms with Crippen LogP contribution >= 0.6 is 0 Å². The molecular formula is C27H36N2O5. The van der Waals surface area contributed by atoms with Gasteiger partial charge < -0.3 is 24.4 Å². The summed E-state index contributed by atoms with van der Waals surface area (Å²) in [6.45, 7) is 10.3. The van der Waals surface area contributed by atoms with Gasteiger partial charge in [0.25, 0.3) is 0 Å². The summed E-state index contributed by atoms with van der Waals surface area (Å²) in [5.74, 6) is 1.22. The second-order valence-electron chi connectivity index (χ2n) is 9.06. The molecule has 0 aromatic heterocycles. The number of likely N-dealkylation sites (N-methyl/N-ethyl adjacent to an activating group) is 1. The standard InChI is InChI=1S/C27H36N2O5/c1-7-29-15-20-13-23(32-5)26(33-6)25(30)24(20)21(16-29)27(31)28-14-19-9-8-18(4)12-22(19)34-11-10-17(2)3/h8-9,12-13,15,17,26H,7,10-11,14,16H2,1-6H3,(H,28,31). The second-order valence-corrected chi connectivity index (χ2v) is 9.06. The van der Waals surface area contributed by atoms with Gasteiger partial charge in [0, 0.05) is 55.2 Å². The number of benzene rings is 1. The number of nitrogens with zero attached hydrogens (tertiary/aromatic N) is 1. The van der Waals surface area contributed by atoms with Gasteiger partial charge in [0.2, 0.25) is 11.7 Å². The van der Waals surface area contributed by atoms with Gasteiger partial charge in [-0.3, -0.25) is 9.59 Å². The predicted molar refractivity (Wildman–Crippen MR) is 131 cm³/mol. The highest BCUT2D eigenvalue weighted by Gasteiger charge is 2.38. The number of ether oxygens (including phenoxy) is 3. The lowest BCUT2D eigenvalue weighted by atomic mass is 9.85. The minimum Gasteiger partial charge on any atom is -0.498 e. The van der Waals surface area contributed by atoms with Crippen LogP contribution in [-0.2, 0) is 25.6 Å². The number of rotatable bonds is 10. The fraction of sp³-hybridized carbons (Fsp3) is 0.481. The second kappa shape index (κ2) is 11.4. The largest absolute Gasteiger partial charge is 0.498 e. The van der Waals surface area contributed by atoms with Gasteiger partial charge in [0.05, 0.1) is 13.7 Å². The molecule has 1 amide bonds. The third-order valence-corrected chi connectivity index (χ3v) is 6.08. The summed E-state index contributed by atoms with van der Waals surface area (Å²) in [6, 6.07) is 5.97. The van der Waals surface area contributed by atoms with Crippen molar-refractivity contribution >= 4 is 11.7 Å². The van der Waals surface area contributed by atoms with E-state index in [9.17, 15) is 9.59 Å². The highest BCUT2D eigenvalue weighted by Crippen LogP contribution is 2.33. The molecule has 2 aliphatic rings. The van der Waals surface area contributed by atoms with Gasteiger partial charge in [0.1, 0.15) is 11.5 Å². The van der Waals surface area contributed by atoms with E-state index in [0.717, 1.165) is 23.3 Å². The molecule has 0 saturated heterocycles. The average molecular weight is 469 g/mol. The molecular weight excluding hydrogens is 432 g/mol. The molecule has 0 radical (unpaired) electrons. The molecule has 7 heteroatoms. The summed E-state index contributed by atoms with van der Waals surface area (Å²) in [5.41, 5.74) is 3.50. The van der Waals surface area contributed by atoms with Crippen molar-refractivity contribution < 1.29 is 23.8 Å². The molecule has 184 valence electrons. The molecule has 0 saturated carbocycles. The van der Waals surface area contributed by atoms with Crippen molar-refractivity contribution in [2.75, 3.05) is 33.9 Å². The van der Waals surface area contributed by atoms with E-state index in [1.165, 1.54) is 14.2 Å². The van der Waals surface area contributed by atoms with Crippen molar-refractivity contribution in [3.8, 4) is 5.75 Å². The summed E-state index contributed by atoms with van der Waals surface area (Å²) >= 11 is 0. The maximum atomic E-state index is 13.4. The van der Waals surface area contributed by atoms with Crippen molar-refractivity contribution in [3.63, 3.8) is 0 Å². The van der Waals surface area contributed by atoms with Crippen LogP contribution < -0.4 is 10.1 Å². The fourth-order valence-corrected chi connectivity index (χ4v) is 4.06. The zero-order chi connectivity index (χ0) is 24.8. The molecule has 7 nitrogen and oxygen atoms in total. The van der Waals surface area contributed by atoms with Gasteiger partial charge in [-0.15, -0.1) is 0 Å². The first-order chi connectivity index (χ1) is 16.3. The Hall–Kier alpha value is -3.06. The average Bonchev–Trinajstić information content (AvgIpc) is 2.82. The van der Waals surface area contributed by atoms with Crippen molar-refractivity contribution in [2.45, 2.75) is 46.8 Å². The molecule has 1 unspecified atom stereocenters. The maximum absolute atomic E-state index is 13.4. The molecule has 1 heterocycles. The van der Waals surface area contributed by atoms with Gasteiger partial charge >= 0.3 is 0 Å². The highest BCUT2D eigenvalue weighted by atomic mass is 16.5. The Labute approximate surface area is 202 Å². The Morgan fingerprint density at radius 1 is 1.26 bits per heavy atom. The first-order valence-electron chi connectivity index (χ1n) is 11.8. The van der Waals surface area contributed by atoms with Crippen molar-refractivity contribution in [3.05, 3.63) is 64.1 Å². The lowest BCUT2D eigenvalue weighted by Gasteiger charge is -2.32. The van der Waals surface area contributed by atoms with Crippen LogP contribution in [0.3, 0.4) is 0 Å². The van der Waals surface area contributed by atoms with E-state index in [-0.39, 0.29) is 11.7 Å². The van der Waals surface area contributed by atoms with E-state index in [4.69, 9.17) is 14.2 Å². The van der Waals surface area contributed by atoms with Crippen molar-refractivity contribution in [1.29, 1.82) is 0 Å². The molecule has 1 aliphatic carbocycles. The van der Waals surface area contributed by atoms with Gasteiger partial charge in [-0.1, -0.05) is 26.0 Å². The molecule has 1 aromatic carbocycles. The summed E-state index contributed by atoms with van der Waals surface area (Å²) in [6.07, 6.45) is 3.78. The van der Waals surface area contributed by atoms with Crippen LogP contribution in [0.4, 0.5) is 0 Å². The number of allylic oxidation sites excluding steroid dienone is 2. The molecule has 1 aliphatic heterocycles. The summed E-state index contributed by atoms with van der Waals surface area (Å²) in [4.78, 5) is 28.6. The normalized spacial score (nSPS) is 17.9. The lowest BCUT2D eigenvalue weighted by molar-refractivity contribution is -0.125. The minimum absolute atomic E-state index is 0.262. The van der Waals surface area contributed by atoms with E-state index >= 15 is 0 Å². The number of hydrogen-bond acceptors (Lipinski definition) is 6. The number of aryl methyl sites for hydroxylation is 1. The molecule has 0 fully saturated rings. The van der Waals surface area contributed by atoms with Crippen LogP contribution in [0.25, 0.3) is 0 Å². The zero-order valence-electron chi connectivity index (χ0n) is 21.1. The summed E-state index contributed by atoms with van der Waals surface area (Å²) in [7, 11) is 2.97. The van der Waals surface area contributed by atoms with Crippen molar-refractivity contribution in [1.82, 2.24) is 10.2 Å². The summed E-state index contributed by atoms with van der Waals surface area (Å²) < 4.78 is 16.8. The third kappa shape index (κ3) is 5.70.